The van der Waals surface area contributed by atoms with Crippen LogP contribution in [0.5, 0.6) is 0 Å². The molecule has 0 radical (unpaired) electrons. The number of nitrogens with one attached hydrogen (secondary N) is 1. The van der Waals surface area contributed by atoms with E-state index in [0.717, 1.165) is 11.1 Å². The first-order valence-electron chi connectivity index (χ1n) is 7.04. The van der Waals surface area contributed by atoms with E-state index >= 15 is 0 Å². The van der Waals surface area contributed by atoms with Crippen LogP contribution in [0.4, 0.5) is 0 Å². The molecule has 0 bridgehead atoms. The lowest BCUT2D eigenvalue weighted by atomic mass is 9.85. The summed E-state index contributed by atoms with van der Waals surface area (Å²) < 4.78 is 27.6. The SMILES string of the molecule is Cc1ccccc1S(=O)(=O)NCC(C)(C)c1ccc(Cl)cc1. The van der Waals surface area contributed by atoms with Gasteiger partial charge in [-0.25, -0.2) is 13.1 Å². The van der Waals surface area contributed by atoms with Gasteiger partial charge in [0, 0.05) is 17.0 Å². The standard InChI is InChI=1S/C17H20ClNO2S/c1-13-6-4-5-7-16(13)22(20,21)19-12-17(2,3)14-8-10-15(18)11-9-14/h4-11,19H,12H2,1-3H3. The van der Waals surface area contributed by atoms with Crippen LogP contribution in [-0.4, -0.2) is 15.0 Å². The number of hydrogen-bond donors (Lipinski definition) is 1. The second-order valence-corrected chi connectivity index (χ2v) is 8.15. The number of rotatable bonds is 5. The Balaban J connectivity index is 2.18. The van der Waals surface area contributed by atoms with Gasteiger partial charge in [0.15, 0.2) is 0 Å². The smallest absolute Gasteiger partial charge is 0.210 e. The lowest BCUT2D eigenvalue weighted by Crippen LogP contribution is -2.36. The van der Waals surface area contributed by atoms with Crippen LogP contribution in [0, 0.1) is 6.92 Å². The van der Waals surface area contributed by atoms with Gasteiger partial charge in [-0.15, -0.1) is 0 Å². The zero-order chi connectivity index (χ0) is 16.4. The Kier molecular flexibility index (Phi) is 4.95. The van der Waals surface area contributed by atoms with Gasteiger partial charge in [-0.1, -0.05) is 55.8 Å². The molecular weight excluding hydrogens is 318 g/mol. The molecule has 5 heteroatoms. The maximum Gasteiger partial charge on any atom is 0.240 e. The van der Waals surface area contributed by atoms with E-state index in [9.17, 15) is 8.42 Å². The largest absolute Gasteiger partial charge is 0.240 e. The van der Waals surface area contributed by atoms with Gasteiger partial charge in [0.05, 0.1) is 4.90 Å². The molecule has 0 spiro atoms. The molecule has 0 unspecified atom stereocenters. The molecule has 0 aliphatic heterocycles. The van der Waals surface area contributed by atoms with Crippen LogP contribution in [0.15, 0.2) is 53.4 Å². The highest BCUT2D eigenvalue weighted by Gasteiger charge is 2.24. The van der Waals surface area contributed by atoms with Gasteiger partial charge in [-0.3, -0.25) is 0 Å². The average Bonchev–Trinajstić information content (AvgIpc) is 2.46. The summed E-state index contributed by atoms with van der Waals surface area (Å²) in [4.78, 5) is 0.321. The molecule has 1 N–H and O–H groups in total. The zero-order valence-electron chi connectivity index (χ0n) is 12.9. The highest BCUT2D eigenvalue weighted by Crippen LogP contribution is 2.25. The monoisotopic (exact) mass is 337 g/mol. The van der Waals surface area contributed by atoms with Gasteiger partial charge in [0.2, 0.25) is 10.0 Å². The fraction of sp³-hybridized carbons (Fsp3) is 0.294. The summed E-state index contributed by atoms with van der Waals surface area (Å²) in [5.41, 5.74) is 1.43. The Morgan fingerprint density at radius 1 is 1.05 bits per heavy atom. The predicted octanol–water partition coefficient (Wildman–Crippen LogP) is 3.90. The lowest BCUT2D eigenvalue weighted by Gasteiger charge is -2.26. The summed E-state index contributed by atoms with van der Waals surface area (Å²) in [6.45, 7) is 6.09. The minimum absolute atomic E-state index is 0.311. The third kappa shape index (κ3) is 3.88. The zero-order valence-corrected chi connectivity index (χ0v) is 14.5. The van der Waals surface area contributed by atoms with Crippen molar-refractivity contribution < 1.29 is 8.42 Å². The Labute approximate surface area is 137 Å². The number of aryl methyl sites for hydroxylation is 1. The summed E-state index contributed by atoms with van der Waals surface area (Å²) in [5.74, 6) is 0. The van der Waals surface area contributed by atoms with E-state index in [1.807, 2.05) is 44.2 Å². The maximum atomic E-state index is 12.5. The maximum absolute atomic E-state index is 12.5. The minimum Gasteiger partial charge on any atom is -0.210 e. The molecule has 118 valence electrons. The average molecular weight is 338 g/mol. The summed E-state index contributed by atoms with van der Waals surface area (Å²) in [6, 6.07) is 14.4. The lowest BCUT2D eigenvalue weighted by molar-refractivity contribution is 0.501. The topological polar surface area (TPSA) is 46.2 Å². The third-order valence-corrected chi connectivity index (χ3v) is 5.53. The number of sulfonamides is 1. The molecular formula is C17H20ClNO2S. The van der Waals surface area contributed by atoms with Crippen molar-refractivity contribution in [1.82, 2.24) is 4.72 Å². The molecule has 2 aromatic rings. The van der Waals surface area contributed by atoms with Crippen LogP contribution in [0.2, 0.25) is 5.02 Å². The molecule has 0 aliphatic carbocycles. The van der Waals surface area contributed by atoms with E-state index < -0.39 is 10.0 Å². The van der Waals surface area contributed by atoms with E-state index in [2.05, 4.69) is 4.72 Å². The molecule has 2 aromatic carbocycles. The van der Waals surface area contributed by atoms with Gasteiger partial charge < -0.3 is 0 Å². The van der Waals surface area contributed by atoms with Crippen LogP contribution >= 0.6 is 11.6 Å². The molecule has 0 atom stereocenters. The van der Waals surface area contributed by atoms with E-state index in [1.165, 1.54) is 0 Å². The quantitative estimate of drug-likeness (QED) is 0.899. The van der Waals surface area contributed by atoms with Crippen LogP contribution in [0.3, 0.4) is 0 Å². The molecule has 0 aromatic heterocycles. The normalized spacial score (nSPS) is 12.4. The molecule has 22 heavy (non-hydrogen) atoms. The van der Waals surface area contributed by atoms with E-state index in [0.29, 0.717) is 16.5 Å². The van der Waals surface area contributed by atoms with E-state index in [1.54, 1.807) is 25.1 Å². The van der Waals surface area contributed by atoms with Crippen molar-refractivity contribution in [2.45, 2.75) is 31.1 Å². The molecule has 0 heterocycles. The van der Waals surface area contributed by atoms with Crippen molar-refractivity contribution in [3.05, 3.63) is 64.7 Å². The fourth-order valence-corrected chi connectivity index (χ4v) is 3.80. The van der Waals surface area contributed by atoms with Crippen molar-refractivity contribution >= 4 is 21.6 Å². The van der Waals surface area contributed by atoms with Gasteiger partial charge >= 0.3 is 0 Å². The van der Waals surface area contributed by atoms with Crippen molar-refractivity contribution in [2.75, 3.05) is 6.54 Å². The third-order valence-electron chi connectivity index (χ3n) is 3.71. The summed E-state index contributed by atoms with van der Waals surface area (Å²) >= 11 is 5.90. The molecule has 0 amide bonds. The van der Waals surface area contributed by atoms with Crippen LogP contribution < -0.4 is 4.72 Å². The van der Waals surface area contributed by atoms with Crippen LogP contribution in [0.25, 0.3) is 0 Å². The molecule has 2 rings (SSSR count). The van der Waals surface area contributed by atoms with Gasteiger partial charge in [-0.05, 0) is 36.2 Å². The van der Waals surface area contributed by atoms with Gasteiger partial charge in [-0.2, -0.15) is 0 Å². The molecule has 0 fully saturated rings. The Bertz CT molecular complexity index is 752. The predicted molar refractivity (Wildman–Crippen MR) is 90.8 cm³/mol. The highest BCUT2D eigenvalue weighted by molar-refractivity contribution is 7.89. The Morgan fingerprint density at radius 2 is 1.64 bits per heavy atom. The van der Waals surface area contributed by atoms with Crippen LogP contribution in [0.1, 0.15) is 25.0 Å². The Hall–Kier alpha value is -1.36. The van der Waals surface area contributed by atoms with Crippen molar-refractivity contribution in [2.24, 2.45) is 0 Å². The van der Waals surface area contributed by atoms with Crippen molar-refractivity contribution in [3.8, 4) is 0 Å². The number of halogens is 1. The van der Waals surface area contributed by atoms with Crippen LogP contribution in [-0.2, 0) is 15.4 Å². The molecule has 3 nitrogen and oxygen atoms in total. The number of hydrogen-bond acceptors (Lipinski definition) is 2. The second kappa shape index (κ2) is 6.41. The first kappa shape index (κ1) is 17.0. The van der Waals surface area contributed by atoms with Crippen molar-refractivity contribution in [1.29, 1.82) is 0 Å². The summed E-state index contributed by atoms with van der Waals surface area (Å²) in [5, 5.41) is 0.667. The molecule has 0 saturated carbocycles. The van der Waals surface area contributed by atoms with Crippen molar-refractivity contribution in [3.63, 3.8) is 0 Å². The fourth-order valence-electron chi connectivity index (χ4n) is 2.21. The highest BCUT2D eigenvalue weighted by atomic mass is 35.5. The van der Waals surface area contributed by atoms with E-state index in [-0.39, 0.29) is 5.41 Å². The second-order valence-electron chi connectivity index (χ2n) is 5.98. The number of benzene rings is 2. The summed E-state index contributed by atoms with van der Waals surface area (Å²) in [6.07, 6.45) is 0. The Morgan fingerprint density at radius 3 is 2.23 bits per heavy atom. The van der Waals surface area contributed by atoms with Gasteiger partial charge in [0.25, 0.3) is 0 Å². The molecule has 0 saturated heterocycles. The summed E-state index contributed by atoms with van der Waals surface area (Å²) in [7, 11) is -3.52. The van der Waals surface area contributed by atoms with E-state index in [4.69, 9.17) is 11.6 Å². The first-order chi connectivity index (χ1) is 10.2. The van der Waals surface area contributed by atoms with Gasteiger partial charge in [0.1, 0.15) is 0 Å². The minimum atomic E-state index is -3.52. The first-order valence-corrected chi connectivity index (χ1v) is 8.90. The molecule has 0 aliphatic rings.